The number of anilines is 1. The smallest absolute Gasteiger partial charge is 0.264 e. The molecule has 2 aromatic rings. The van der Waals surface area contributed by atoms with Gasteiger partial charge < -0.3 is 15.0 Å². The number of carbonyl (C=O) groups excluding carboxylic acids is 1. The van der Waals surface area contributed by atoms with Gasteiger partial charge in [0, 0.05) is 26.2 Å². The van der Waals surface area contributed by atoms with E-state index in [0.29, 0.717) is 25.1 Å². The van der Waals surface area contributed by atoms with Gasteiger partial charge in [0.15, 0.2) is 0 Å². The third-order valence-corrected chi connectivity index (χ3v) is 6.38. The number of nitrogens with one attached hydrogen (secondary N) is 1. The third-order valence-electron chi connectivity index (χ3n) is 5.19. The molecule has 0 radical (unpaired) electrons. The summed E-state index contributed by atoms with van der Waals surface area (Å²) in [5.41, 5.74) is 0.989. The maximum atomic E-state index is 13.0. The van der Waals surface area contributed by atoms with Crippen LogP contribution in [0.3, 0.4) is 0 Å². The number of aryl methyl sites for hydroxylation is 1. The second kappa shape index (κ2) is 6.29. The SMILES string of the molecule is COCCNc1ncnc2sc(C(=O)N3C[C@@H]4CC[C@@H]3C4)c(C)c12. The van der Waals surface area contributed by atoms with Crippen molar-refractivity contribution in [1.82, 2.24) is 14.9 Å². The zero-order valence-electron chi connectivity index (χ0n) is 14.0. The van der Waals surface area contributed by atoms with Gasteiger partial charge >= 0.3 is 0 Å². The number of likely N-dealkylation sites (tertiary alicyclic amines) is 1. The number of piperidine rings is 1. The highest BCUT2D eigenvalue weighted by Crippen LogP contribution is 2.40. The molecular weight excluding hydrogens is 324 g/mol. The van der Waals surface area contributed by atoms with Crippen LogP contribution in [0, 0.1) is 12.8 Å². The van der Waals surface area contributed by atoms with Gasteiger partial charge in [0.2, 0.25) is 0 Å². The lowest BCUT2D eigenvalue weighted by atomic mass is 10.1. The molecule has 7 heteroatoms. The highest BCUT2D eigenvalue weighted by atomic mass is 32.1. The lowest BCUT2D eigenvalue weighted by Crippen LogP contribution is -2.37. The normalized spacial score (nSPS) is 22.5. The first-order valence-corrected chi connectivity index (χ1v) is 9.28. The number of nitrogens with zero attached hydrogens (tertiary/aromatic N) is 3. The molecule has 0 spiro atoms. The molecule has 0 aromatic carbocycles. The van der Waals surface area contributed by atoms with Crippen LogP contribution in [-0.2, 0) is 4.74 Å². The molecule has 1 N–H and O–H groups in total. The van der Waals surface area contributed by atoms with Crippen LogP contribution in [0.25, 0.3) is 10.2 Å². The Labute approximate surface area is 145 Å². The molecule has 4 rings (SSSR count). The van der Waals surface area contributed by atoms with Gasteiger partial charge in [-0.2, -0.15) is 0 Å². The summed E-state index contributed by atoms with van der Waals surface area (Å²) < 4.78 is 5.08. The van der Waals surface area contributed by atoms with Crippen LogP contribution in [0.1, 0.15) is 34.5 Å². The molecule has 24 heavy (non-hydrogen) atoms. The number of ether oxygens (including phenoxy) is 1. The summed E-state index contributed by atoms with van der Waals surface area (Å²) >= 11 is 1.49. The Balaban J connectivity index is 1.65. The predicted octanol–water partition coefficient (Wildman–Crippen LogP) is 2.68. The second-order valence-corrected chi connectivity index (χ2v) is 7.67. The van der Waals surface area contributed by atoms with Crippen LogP contribution in [-0.4, -0.2) is 53.6 Å². The first kappa shape index (κ1) is 15.8. The molecule has 0 unspecified atom stereocenters. The van der Waals surface area contributed by atoms with Crippen molar-refractivity contribution in [2.24, 2.45) is 5.92 Å². The fraction of sp³-hybridized carbons (Fsp3) is 0.588. The standard InChI is InChI=1S/C17H22N4O2S/c1-10-13-15(18-5-6-23-2)19-9-20-16(13)24-14(10)17(22)21-8-11-3-4-12(21)7-11/h9,11-12H,3-8H2,1-2H3,(H,18,19,20)/t11-,12-/m1/s1. The van der Waals surface area contributed by atoms with E-state index in [1.165, 1.54) is 24.2 Å². The second-order valence-electron chi connectivity index (χ2n) is 6.67. The molecule has 1 amide bonds. The monoisotopic (exact) mass is 346 g/mol. The van der Waals surface area contributed by atoms with E-state index in [-0.39, 0.29) is 5.91 Å². The number of carbonyl (C=O) groups is 1. The quantitative estimate of drug-likeness (QED) is 0.843. The van der Waals surface area contributed by atoms with Gasteiger partial charge in [0.25, 0.3) is 5.91 Å². The highest BCUT2D eigenvalue weighted by molar-refractivity contribution is 7.20. The number of rotatable bonds is 5. The van der Waals surface area contributed by atoms with Crippen molar-refractivity contribution >= 4 is 33.3 Å². The molecule has 2 bridgehead atoms. The van der Waals surface area contributed by atoms with Gasteiger partial charge in [-0.3, -0.25) is 4.79 Å². The topological polar surface area (TPSA) is 67.3 Å². The van der Waals surface area contributed by atoms with Crippen LogP contribution in [0.4, 0.5) is 5.82 Å². The van der Waals surface area contributed by atoms with Crippen molar-refractivity contribution in [1.29, 1.82) is 0 Å². The summed E-state index contributed by atoms with van der Waals surface area (Å²) in [6.45, 7) is 4.21. The van der Waals surface area contributed by atoms with Gasteiger partial charge in [-0.1, -0.05) is 0 Å². The summed E-state index contributed by atoms with van der Waals surface area (Å²) in [5.74, 6) is 1.66. The van der Waals surface area contributed by atoms with E-state index in [2.05, 4.69) is 20.2 Å². The van der Waals surface area contributed by atoms with E-state index in [1.54, 1.807) is 13.4 Å². The number of fused-ring (bicyclic) bond motifs is 3. The number of thiophene rings is 1. The lowest BCUT2D eigenvalue weighted by molar-refractivity contribution is 0.0708. The molecule has 1 saturated heterocycles. The van der Waals surface area contributed by atoms with Crippen LogP contribution < -0.4 is 5.32 Å². The van der Waals surface area contributed by atoms with E-state index in [9.17, 15) is 4.79 Å². The molecule has 1 saturated carbocycles. The van der Waals surface area contributed by atoms with Gasteiger partial charge in [0.1, 0.15) is 17.0 Å². The van der Waals surface area contributed by atoms with Gasteiger partial charge in [-0.25, -0.2) is 9.97 Å². The number of hydrogen-bond donors (Lipinski definition) is 1. The maximum absolute atomic E-state index is 13.0. The number of methoxy groups -OCH3 is 1. The first-order valence-electron chi connectivity index (χ1n) is 8.47. The molecule has 2 atom stereocenters. The minimum Gasteiger partial charge on any atom is -0.383 e. The molecule has 2 fully saturated rings. The van der Waals surface area contributed by atoms with Crippen molar-refractivity contribution in [2.45, 2.75) is 32.2 Å². The van der Waals surface area contributed by atoms with Crippen molar-refractivity contribution in [2.75, 3.05) is 32.1 Å². The lowest BCUT2D eigenvalue weighted by Gasteiger charge is -2.26. The van der Waals surface area contributed by atoms with E-state index in [4.69, 9.17) is 4.74 Å². The van der Waals surface area contributed by atoms with Crippen LogP contribution in [0.15, 0.2) is 6.33 Å². The Morgan fingerprint density at radius 2 is 2.33 bits per heavy atom. The molecule has 3 heterocycles. The van der Waals surface area contributed by atoms with E-state index in [0.717, 1.165) is 39.4 Å². The minimum atomic E-state index is 0.172. The Hall–Kier alpha value is -1.73. The van der Waals surface area contributed by atoms with E-state index >= 15 is 0 Å². The number of amides is 1. The highest BCUT2D eigenvalue weighted by Gasteiger charge is 2.41. The first-order chi connectivity index (χ1) is 11.7. The molecule has 6 nitrogen and oxygen atoms in total. The molecule has 1 aliphatic carbocycles. The molecular formula is C17H22N4O2S. The Morgan fingerprint density at radius 3 is 3.04 bits per heavy atom. The number of aromatic nitrogens is 2. The zero-order chi connectivity index (χ0) is 16.7. The average molecular weight is 346 g/mol. The van der Waals surface area contributed by atoms with Crippen molar-refractivity contribution in [3.05, 3.63) is 16.8 Å². The molecule has 2 aromatic heterocycles. The molecule has 2 aliphatic rings. The largest absolute Gasteiger partial charge is 0.383 e. The maximum Gasteiger partial charge on any atom is 0.264 e. The van der Waals surface area contributed by atoms with E-state index < -0.39 is 0 Å². The van der Waals surface area contributed by atoms with Crippen LogP contribution >= 0.6 is 11.3 Å². The fourth-order valence-electron chi connectivity index (χ4n) is 3.99. The zero-order valence-corrected chi connectivity index (χ0v) is 14.9. The van der Waals surface area contributed by atoms with Gasteiger partial charge in [-0.15, -0.1) is 11.3 Å². The summed E-state index contributed by atoms with van der Waals surface area (Å²) in [4.78, 5) is 25.5. The summed E-state index contributed by atoms with van der Waals surface area (Å²) in [5, 5.41) is 4.25. The van der Waals surface area contributed by atoms with E-state index in [1.807, 2.05) is 6.92 Å². The van der Waals surface area contributed by atoms with Crippen LogP contribution in [0.2, 0.25) is 0 Å². The third kappa shape index (κ3) is 2.56. The fourth-order valence-corrected chi connectivity index (χ4v) is 5.09. The Morgan fingerprint density at radius 1 is 1.46 bits per heavy atom. The van der Waals surface area contributed by atoms with Gasteiger partial charge in [0.05, 0.1) is 16.9 Å². The summed E-state index contributed by atoms with van der Waals surface area (Å²) in [6, 6.07) is 0.442. The molecule has 1 aliphatic heterocycles. The number of hydrogen-bond acceptors (Lipinski definition) is 6. The predicted molar refractivity (Wildman–Crippen MR) is 94.7 cm³/mol. The molecule has 128 valence electrons. The van der Waals surface area contributed by atoms with Crippen LogP contribution in [0.5, 0.6) is 0 Å². The van der Waals surface area contributed by atoms with Crippen molar-refractivity contribution in [3.63, 3.8) is 0 Å². The minimum absolute atomic E-state index is 0.172. The Kier molecular flexibility index (Phi) is 4.14. The van der Waals surface area contributed by atoms with Crippen molar-refractivity contribution in [3.8, 4) is 0 Å². The van der Waals surface area contributed by atoms with Gasteiger partial charge in [-0.05, 0) is 37.7 Å². The average Bonchev–Trinajstić information content (AvgIpc) is 3.29. The Bertz CT molecular complexity index is 775. The summed E-state index contributed by atoms with van der Waals surface area (Å²) in [7, 11) is 1.67. The summed E-state index contributed by atoms with van der Waals surface area (Å²) in [6.07, 6.45) is 5.17. The van der Waals surface area contributed by atoms with Crippen molar-refractivity contribution < 1.29 is 9.53 Å².